The number of esters is 2. The van der Waals surface area contributed by atoms with Gasteiger partial charge in [0.05, 0.1) is 14.2 Å². The third kappa shape index (κ3) is 11.7. The van der Waals surface area contributed by atoms with Gasteiger partial charge in [0.2, 0.25) is 0 Å². The van der Waals surface area contributed by atoms with Crippen molar-refractivity contribution in [3.63, 3.8) is 0 Å². The lowest BCUT2D eigenvalue weighted by Crippen LogP contribution is -2.17. The summed E-state index contributed by atoms with van der Waals surface area (Å²) >= 11 is 0. The average molecular weight is 491 g/mol. The van der Waals surface area contributed by atoms with Crippen LogP contribution in [0.5, 0.6) is 11.5 Å². The Morgan fingerprint density at radius 2 is 1.63 bits per heavy atom. The van der Waals surface area contributed by atoms with E-state index in [9.17, 15) is 14.7 Å². The number of allylic oxidation sites excluding steroid dienone is 1. The molecule has 0 aliphatic heterocycles. The number of phenolic OH excluding ortho intramolecular Hbond substituents is 1. The van der Waals surface area contributed by atoms with E-state index in [1.807, 2.05) is 6.07 Å². The molecule has 0 radical (unpaired) electrons. The Labute approximate surface area is 212 Å². The highest BCUT2D eigenvalue weighted by Gasteiger charge is 2.21. The molecule has 0 saturated heterocycles. The predicted molar refractivity (Wildman–Crippen MR) is 140 cm³/mol. The lowest BCUT2D eigenvalue weighted by Gasteiger charge is -2.21. The zero-order valence-electron chi connectivity index (χ0n) is 22.5. The van der Waals surface area contributed by atoms with Gasteiger partial charge in [-0.3, -0.25) is 4.79 Å². The Morgan fingerprint density at radius 1 is 0.943 bits per heavy atom. The van der Waals surface area contributed by atoms with Crippen LogP contribution in [-0.4, -0.2) is 37.4 Å². The van der Waals surface area contributed by atoms with Crippen molar-refractivity contribution in [3.05, 3.63) is 34.9 Å². The summed E-state index contributed by atoms with van der Waals surface area (Å²) in [6.07, 6.45) is 17.8. The summed E-state index contributed by atoms with van der Waals surface area (Å²) in [5.41, 5.74) is 1.40. The second-order valence-electron chi connectivity index (χ2n) is 9.21. The zero-order chi connectivity index (χ0) is 26.1. The smallest absolute Gasteiger partial charge is 0.341 e. The zero-order valence-corrected chi connectivity index (χ0v) is 22.5. The van der Waals surface area contributed by atoms with Gasteiger partial charge in [0, 0.05) is 18.4 Å². The van der Waals surface area contributed by atoms with Gasteiger partial charge in [-0.15, -0.1) is 0 Å². The third-order valence-electron chi connectivity index (χ3n) is 6.31. The Balaban J connectivity index is 2.62. The summed E-state index contributed by atoms with van der Waals surface area (Å²) in [5.74, 6) is -0.122. The first-order chi connectivity index (χ1) is 16.8. The second kappa shape index (κ2) is 17.9. The molecular weight excluding hydrogens is 444 g/mol. The maximum atomic E-state index is 12.0. The molecule has 0 aliphatic rings. The first kappa shape index (κ1) is 30.5. The van der Waals surface area contributed by atoms with Crippen LogP contribution in [0.3, 0.4) is 0 Å². The monoisotopic (exact) mass is 490 g/mol. The minimum Gasteiger partial charge on any atom is -0.507 e. The number of aryl methyl sites for hydroxylation is 1. The molecule has 0 aromatic heterocycles. The maximum Gasteiger partial charge on any atom is 0.341 e. The van der Waals surface area contributed by atoms with E-state index in [-0.39, 0.29) is 23.4 Å². The van der Waals surface area contributed by atoms with E-state index in [0.717, 1.165) is 57.8 Å². The van der Waals surface area contributed by atoms with Crippen molar-refractivity contribution in [2.24, 2.45) is 0 Å². The molecule has 198 valence electrons. The van der Waals surface area contributed by atoms with E-state index in [2.05, 4.69) is 23.8 Å². The first-order valence-electron chi connectivity index (χ1n) is 13.2. The quantitative estimate of drug-likeness (QED) is 0.131. The lowest BCUT2D eigenvalue weighted by atomic mass is 10.0. The predicted octanol–water partition coefficient (Wildman–Crippen LogP) is 7.36. The molecule has 1 unspecified atom stereocenters. The van der Waals surface area contributed by atoms with E-state index in [0.29, 0.717) is 23.3 Å². The number of aromatic hydroxyl groups is 1. The molecule has 0 saturated carbocycles. The number of carbonyl (C=O) groups is 2. The van der Waals surface area contributed by atoms with E-state index < -0.39 is 5.97 Å². The molecular formula is C29H46O6. The molecule has 0 amide bonds. The number of benzene rings is 1. The van der Waals surface area contributed by atoms with Gasteiger partial charge in [0.15, 0.2) is 0 Å². The Bertz CT molecular complexity index is 799. The van der Waals surface area contributed by atoms with Crippen LogP contribution in [-0.2, 0) is 14.3 Å². The minimum absolute atomic E-state index is 0.0166. The average Bonchev–Trinajstić information content (AvgIpc) is 2.85. The number of phenols is 1. The molecule has 0 heterocycles. The van der Waals surface area contributed by atoms with Crippen LogP contribution in [0.15, 0.2) is 18.2 Å². The van der Waals surface area contributed by atoms with Gasteiger partial charge in [-0.05, 0) is 57.6 Å². The molecule has 6 nitrogen and oxygen atoms in total. The van der Waals surface area contributed by atoms with Crippen LogP contribution in [0.25, 0.3) is 0 Å². The summed E-state index contributed by atoms with van der Waals surface area (Å²) in [6, 6.07) is 1.82. The molecule has 6 heteroatoms. The van der Waals surface area contributed by atoms with Crippen molar-refractivity contribution in [3.8, 4) is 11.5 Å². The first-order valence-corrected chi connectivity index (χ1v) is 13.2. The van der Waals surface area contributed by atoms with Gasteiger partial charge in [-0.1, -0.05) is 57.6 Å². The van der Waals surface area contributed by atoms with Crippen LogP contribution in [0.1, 0.15) is 112 Å². The van der Waals surface area contributed by atoms with Crippen molar-refractivity contribution < 1.29 is 28.9 Å². The lowest BCUT2D eigenvalue weighted by molar-refractivity contribution is -0.140. The van der Waals surface area contributed by atoms with E-state index in [1.165, 1.54) is 33.5 Å². The second-order valence-corrected chi connectivity index (χ2v) is 9.21. The summed E-state index contributed by atoms with van der Waals surface area (Å²) in [5, 5.41) is 10.6. The number of hydrogen-bond acceptors (Lipinski definition) is 6. The standard InChI is InChI=1S/C29H46O6/c1-6-7-8-15-18-24(19-16-13-11-9-10-12-14-17-20-26(30)33-4)35-25-21-22(2)27(29(32)34-5)28(31)23(25)3/h13,16,21,24,31H,6-12,14-15,17-20H2,1-5H3. The molecule has 0 aliphatic carbocycles. The fourth-order valence-electron chi connectivity index (χ4n) is 4.08. The van der Waals surface area contributed by atoms with Crippen LogP contribution in [0.2, 0.25) is 0 Å². The molecule has 35 heavy (non-hydrogen) atoms. The van der Waals surface area contributed by atoms with Gasteiger partial charge < -0.3 is 19.3 Å². The van der Waals surface area contributed by atoms with Crippen molar-refractivity contribution in [2.75, 3.05) is 14.2 Å². The topological polar surface area (TPSA) is 82.1 Å². The number of carbonyl (C=O) groups excluding carboxylic acids is 2. The Morgan fingerprint density at radius 3 is 2.31 bits per heavy atom. The van der Waals surface area contributed by atoms with E-state index >= 15 is 0 Å². The van der Waals surface area contributed by atoms with Crippen LogP contribution < -0.4 is 4.74 Å². The molecule has 1 atom stereocenters. The molecule has 0 fully saturated rings. The summed E-state index contributed by atoms with van der Waals surface area (Å²) in [4.78, 5) is 23.2. The highest BCUT2D eigenvalue weighted by Crippen LogP contribution is 2.35. The molecule has 1 rings (SSSR count). The number of unbranched alkanes of at least 4 members (excludes halogenated alkanes) is 8. The van der Waals surface area contributed by atoms with Crippen molar-refractivity contribution in [1.29, 1.82) is 0 Å². The fourth-order valence-corrected chi connectivity index (χ4v) is 4.08. The molecule has 0 spiro atoms. The van der Waals surface area contributed by atoms with Gasteiger partial charge in [0.25, 0.3) is 0 Å². The molecule has 1 N–H and O–H groups in total. The van der Waals surface area contributed by atoms with Gasteiger partial charge in [-0.2, -0.15) is 0 Å². The number of rotatable bonds is 18. The summed E-state index contributed by atoms with van der Waals surface area (Å²) < 4.78 is 15.8. The van der Waals surface area contributed by atoms with E-state index in [1.54, 1.807) is 13.8 Å². The Kier molecular flexibility index (Phi) is 15.6. The largest absolute Gasteiger partial charge is 0.507 e. The molecule has 1 aromatic rings. The van der Waals surface area contributed by atoms with Crippen LogP contribution in [0.4, 0.5) is 0 Å². The number of ether oxygens (including phenoxy) is 3. The number of methoxy groups -OCH3 is 2. The summed E-state index contributed by atoms with van der Waals surface area (Å²) in [7, 11) is 2.74. The normalized spacial score (nSPS) is 12.0. The highest BCUT2D eigenvalue weighted by molar-refractivity contribution is 5.95. The van der Waals surface area contributed by atoms with Crippen molar-refractivity contribution in [2.45, 2.75) is 110 Å². The minimum atomic E-state index is -0.544. The van der Waals surface area contributed by atoms with E-state index in [4.69, 9.17) is 9.47 Å². The molecule has 0 bridgehead atoms. The Hall–Kier alpha value is -2.50. The van der Waals surface area contributed by atoms with Crippen molar-refractivity contribution >= 4 is 11.9 Å². The highest BCUT2D eigenvalue weighted by atomic mass is 16.5. The SMILES string of the molecule is CCCCCCC(CC=CCCCCCCCC(=O)OC)Oc1cc(C)c(C(=O)OC)c(O)c1C. The van der Waals surface area contributed by atoms with Gasteiger partial charge in [0.1, 0.15) is 23.2 Å². The van der Waals surface area contributed by atoms with Crippen LogP contribution >= 0.6 is 0 Å². The van der Waals surface area contributed by atoms with Gasteiger partial charge >= 0.3 is 11.9 Å². The van der Waals surface area contributed by atoms with Crippen molar-refractivity contribution in [1.82, 2.24) is 0 Å². The summed E-state index contributed by atoms with van der Waals surface area (Å²) in [6.45, 7) is 5.75. The molecule has 1 aromatic carbocycles. The fraction of sp³-hybridized carbons (Fsp3) is 0.655. The third-order valence-corrected chi connectivity index (χ3v) is 6.31. The van der Waals surface area contributed by atoms with Crippen LogP contribution in [0, 0.1) is 13.8 Å². The maximum absolute atomic E-state index is 12.0. The van der Waals surface area contributed by atoms with Gasteiger partial charge in [-0.25, -0.2) is 4.79 Å². The number of hydrogen-bond donors (Lipinski definition) is 1.